The van der Waals surface area contributed by atoms with Crippen molar-refractivity contribution in [3.63, 3.8) is 0 Å². The summed E-state index contributed by atoms with van der Waals surface area (Å²) in [6.45, 7) is 0.963. The molecule has 1 atom stereocenters. The van der Waals surface area contributed by atoms with Gasteiger partial charge in [0.1, 0.15) is 12.3 Å². The van der Waals surface area contributed by atoms with E-state index in [1.807, 2.05) is 24.3 Å². The third-order valence-electron chi connectivity index (χ3n) is 7.08. The van der Waals surface area contributed by atoms with Gasteiger partial charge < -0.3 is 19.4 Å². The van der Waals surface area contributed by atoms with Gasteiger partial charge in [0.2, 0.25) is 5.91 Å². The van der Waals surface area contributed by atoms with Gasteiger partial charge in [0.05, 0.1) is 6.20 Å². The van der Waals surface area contributed by atoms with Gasteiger partial charge in [-0.3, -0.25) is 19.4 Å². The van der Waals surface area contributed by atoms with Crippen LogP contribution < -0.4 is 9.64 Å². The van der Waals surface area contributed by atoms with Crippen molar-refractivity contribution < 1.29 is 19.1 Å². The van der Waals surface area contributed by atoms with Crippen molar-refractivity contribution in [1.82, 2.24) is 14.8 Å². The van der Waals surface area contributed by atoms with Crippen molar-refractivity contribution in [1.29, 1.82) is 0 Å². The molecule has 1 aromatic heterocycles. The maximum Gasteiger partial charge on any atom is 0.268 e. The van der Waals surface area contributed by atoms with E-state index in [1.54, 1.807) is 31.3 Å². The lowest BCUT2D eigenvalue weighted by atomic mass is 10.1. The Morgan fingerprint density at radius 1 is 1.14 bits per heavy atom. The molecule has 8 nitrogen and oxygen atoms in total. The van der Waals surface area contributed by atoms with E-state index in [1.165, 1.54) is 35.5 Å². The molecule has 184 valence electrons. The fourth-order valence-electron chi connectivity index (χ4n) is 4.74. The van der Waals surface area contributed by atoms with Crippen LogP contribution in [0.3, 0.4) is 0 Å². The second-order valence-electron chi connectivity index (χ2n) is 10.00. The molecule has 35 heavy (non-hydrogen) atoms. The summed E-state index contributed by atoms with van der Waals surface area (Å²) in [5, 5.41) is 0. The van der Waals surface area contributed by atoms with Gasteiger partial charge in [-0.15, -0.1) is 0 Å². The SMILES string of the molecule is CN(C)C(=O)CN1Cc2ccc(N3CCC(Oc4ccc(CCCC5CC5)nc4)C3=O)cc2C1=O. The molecule has 0 spiro atoms. The standard InChI is InChI=1S/C27H32N4O4/c1-29(2)25(32)17-30-16-19-8-10-21(14-23(19)26(30)33)31-13-12-24(27(31)34)35-22-11-9-20(28-15-22)5-3-4-18-6-7-18/h8-11,14-15,18,24H,3-7,12-13,16-17H2,1-2H3. The summed E-state index contributed by atoms with van der Waals surface area (Å²) in [7, 11) is 3.35. The van der Waals surface area contributed by atoms with E-state index in [0.29, 0.717) is 36.5 Å². The molecule has 2 aliphatic heterocycles. The van der Waals surface area contributed by atoms with Gasteiger partial charge in [-0.05, 0) is 48.6 Å². The predicted molar refractivity (Wildman–Crippen MR) is 131 cm³/mol. The molecule has 8 heteroatoms. The lowest BCUT2D eigenvalue weighted by Gasteiger charge is -2.18. The number of nitrogens with zero attached hydrogens (tertiary/aromatic N) is 4. The molecule has 1 saturated heterocycles. The van der Waals surface area contributed by atoms with Gasteiger partial charge in [0, 0.05) is 50.6 Å². The first-order valence-corrected chi connectivity index (χ1v) is 12.4. The Labute approximate surface area is 205 Å². The summed E-state index contributed by atoms with van der Waals surface area (Å²) in [5.74, 6) is 1.11. The summed E-state index contributed by atoms with van der Waals surface area (Å²) >= 11 is 0. The Balaban J connectivity index is 1.19. The largest absolute Gasteiger partial charge is 0.479 e. The van der Waals surface area contributed by atoms with Crippen molar-refractivity contribution >= 4 is 23.4 Å². The van der Waals surface area contributed by atoms with Crippen LogP contribution >= 0.6 is 0 Å². The highest BCUT2D eigenvalue weighted by Crippen LogP contribution is 2.34. The van der Waals surface area contributed by atoms with E-state index in [9.17, 15) is 14.4 Å². The molecule has 3 amide bonds. The number of fused-ring (bicyclic) bond motifs is 1. The first kappa shape index (κ1) is 23.3. The van der Waals surface area contributed by atoms with Gasteiger partial charge in [-0.2, -0.15) is 0 Å². The van der Waals surface area contributed by atoms with Crippen LogP contribution in [0.15, 0.2) is 36.5 Å². The molecule has 3 heterocycles. The second-order valence-corrected chi connectivity index (χ2v) is 10.00. The van der Waals surface area contributed by atoms with Crippen molar-refractivity contribution in [2.24, 2.45) is 5.92 Å². The van der Waals surface area contributed by atoms with Gasteiger partial charge in [0.15, 0.2) is 6.10 Å². The van der Waals surface area contributed by atoms with Crippen LogP contribution in [0.5, 0.6) is 5.75 Å². The Morgan fingerprint density at radius 3 is 2.69 bits per heavy atom. The summed E-state index contributed by atoms with van der Waals surface area (Å²) in [6.07, 6.45) is 7.89. The number of aryl methyl sites for hydroxylation is 1. The average molecular weight is 477 g/mol. The number of likely N-dealkylation sites (N-methyl/N-ethyl adjacent to an activating group) is 1. The zero-order valence-corrected chi connectivity index (χ0v) is 20.4. The quantitative estimate of drug-likeness (QED) is 0.556. The molecule has 1 saturated carbocycles. The molecule has 0 N–H and O–H groups in total. The number of anilines is 1. The van der Waals surface area contributed by atoms with Gasteiger partial charge in [0.25, 0.3) is 11.8 Å². The highest BCUT2D eigenvalue weighted by atomic mass is 16.5. The zero-order valence-electron chi connectivity index (χ0n) is 20.4. The molecule has 0 radical (unpaired) electrons. The molecule has 1 aromatic carbocycles. The number of ether oxygens (including phenoxy) is 1. The Kier molecular flexibility index (Phi) is 6.45. The summed E-state index contributed by atoms with van der Waals surface area (Å²) in [5.41, 5.74) is 3.15. The van der Waals surface area contributed by atoms with Crippen LogP contribution in [0.25, 0.3) is 0 Å². The number of hydrogen-bond acceptors (Lipinski definition) is 5. The van der Waals surface area contributed by atoms with Crippen molar-refractivity contribution in [2.45, 2.75) is 51.2 Å². The van der Waals surface area contributed by atoms with Crippen LogP contribution in [0, 0.1) is 5.92 Å². The van der Waals surface area contributed by atoms with E-state index >= 15 is 0 Å². The lowest BCUT2D eigenvalue weighted by Crippen LogP contribution is -2.36. The fraction of sp³-hybridized carbons (Fsp3) is 0.481. The number of amides is 3. The summed E-state index contributed by atoms with van der Waals surface area (Å²) < 4.78 is 5.97. The third-order valence-corrected chi connectivity index (χ3v) is 7.08. The third kappa shape index (κ3) is 5.16. The van der Waals surface area contributed by atoms with Crippen molar-refractivity contribution in [2.75, 3.05) is 32.1 Å². The number of hydrogen-bond donors (Lipinski definition) is 0. The van der Waals surface area contributed by atoms with Gasteiger partial charge in [-0.25, -0.2) is 0 Å². The molecule has 2 fully saturated rings. The number of carbonyl (C=O) groups is 3. The molecular weight excluding hydrogens is 444 g/mol. The second kappa shape index (κ2) is 9.68. The maximum absolute atomic E-state index is 13.1. The van der Waals surface area contributed by atoms with Crippen LogP contribution in [0.4, 0.5) is 5.69 Å². The van der Waals surface area contributed by atoms with E-state index in [4.69, 9.17) is 4.74 Å². The maximum atomic E-state index is 13.1. The molecule has 1 aliphatic carbocycles. The predicted octanol–water partition coefficient (Wildman–Crippen LogP) is 3.04. The number of pyridine rings is 1. The highest BCUT2D eigenvalue weighted by Gasteiger charge is 2.36. The summed E-state index contributed by atoms with van der Waals surface area (Å²) in [4.78, 5) is 47.2. The van der Waals surface area contributed by atoms with Crippen LogP contribution in [0.1, 0.15) is 53.7 Å². The first-order valence-electron chi connectivity index (χ1n) is 12.4. The van der Waals surface area contributed by atoms with E-state index in [0.717, 1.165) is 23.6 Å². The fourth-order valence-corrected chi connectivity index (χ4v) is 4.74. The smallest absolute Gasteiger partial charge is 0.268 e. The summed E-state index contributed by atoms with van der Waals surface area (Å²) in [6, 6.07) is 9.37. The van der Waals surface area contributed by atoms with Crippen LogP contribution in [0.2, 0.25) is 0 Å². The van der Waals surface area contributed by atoms with E-state index in [2.05, 4.69) is 4.98 Å². The molecule has 3 aliphatic rings. The molecule has 5 rings (SSSR count). The number of rotatable bonds is 9. The number of benzene rings is 1. The average Bonchev–Trinajstić information content (AvgIpc) is 3.54. The Bertz CT molecular complexity index is 1130. The molecule has 0 bridgehead atoms. The minimum absolute atomic E-state index is 0.0434. The Hall–Kier alpha value is -3.42. The minimum atomic E-state index is -0.573. The van der Waals surface area contributed by atoms with Crippen LogP contribution in [-0.4, -0.2) is 65.8 Å². The van der Waals surface area contributed by atoms with Crippen molar-refractivity contribution in [3.05, 3.63) is 53.3 Å². The van der Waals surface area contributed by atoms with Crippen LogP contribution in [-0.2, 0) is 22.6 Å². The van der Waals surface area contributed by atoms with E-state index in [-0.39, 0.29) is 24.3 Å². The number of carbonyl (C=O) groups excluding carboxylic acids is 3. The highest BCUT2D eigenvalue weighted by molar-refractivity contribution is 6.03. The monoisotopic (exact) mass is 476 g/mol. The normalized spacial score (nSPS) is 19.3. The zero-order chi connectivity index (χ0) is 24.5. The minimum Gasteiger partial charge on any atom is -0.479 e. The van der Waals surface area contributed by atoms with Gasteiger partial charge >= 0.3 is 0 Å². The van der Waals surface area contributed by atoms with Gasteiger partial charge in [-0.1, -0.05) is 25.3 Å². The first-order chi connectivity index (χ1) is 16.9. The topological polar surface area (TPSA) is 83.1 Å². The number of aromatic nitrogens is 1. The van der Waals surface area contributed by atoms with E-state index < -0.39 is 6.10 Å². The molecule has 2 aromatic rings. The Morgan fingerprint density at radius 2 is 1.97 bits per heavy atom. The molecule has 1 unspecified atom stereocenters. The molecular formula is C27H32N4O4. The van der Waals surface area contributed by atoms with Crippen molar-refractivity contribution in [3.8, 4) is 5.75 Å². The lowest BCUT2D eigenvalue weighted by molar-refractivity contribution is -0.129.